The molecule has 5 rings (SSSR count). The van der Waals surface area contributed by atoms with Crippen molar-refractivity contribution >= 4 is 33.1 Å². The number of carbonyl (C=O) groups excluding carboxylic acids is 3. The van der Waals surface area contributed by atoms with Crippen LogP contribution in [0.5, 0.6) is 5.75 Å². The van der Waals surface area contributed by atoms with Crippen LogP contribution in [0.3, 0.4) is 0 Å². The van der Waals surface area contributed by atoms with E-state index in [1.807, 2.05) is 0 Å². The van der Waals surface area contributed by atoms with Crippen molar-refractivity contribution in [2.24, 2.45) is 17.6 Å². The molecule has 0 saturated heterocycles. The maximum Gasteiger partial charge on any atom is 0.255 e. The van der Waals surface area contributed by atoms with Gasteiger partial charge in [-0.1, -0.05) is 42.5 Å². The van der Waals surface area contributed by atoms with Gasteiger partial charge < -0.3 is 31.3 Å². The highest BCUT2D eigenvalue weighted by molar-refractivity contribution is 7.90. The Morgan fingerprint density at radius 1 is 1.02 bits per heavy atom. The quantitative estimate of drug-likeness (QED) is 0.245. The number of aromatic hydroxyl groups is 1. The van der Waals surface area contributed by atoms with E-state index in [1.54, 1.807) is 30.3 Å². The van der Waals surface area contributed by atoms with E-state index in [-0.39, 0.29) is 11.1 Å². The van der Waals surface area contributed by atoms with E-state index in [1.165, 1.54) is 37.2 Å². The number of amides is 1. The van der Waals surface area contributed by atoms with E-state index in [2.05, 4.69) is 0 Å². The van der Waals surface area contributed by atoms with Gasteiger partial charge >= 0.3 is 0 Å². The lowest BCUT2D eigenvalue weighted by Gasteiger charge is -2.54. The SMILES string of the molecule is CN(C)[C@@H]1C(=O)C(C(N)=O)=C(O)[C@@]2(O)C(=O)C3=C(O)c4c(O)cccc4[C@H](CS(=O)(=O)Cc4ccccc4)C3C(O)C12. The largest absolute Gasteiger partial charge is 0.508 e. The molecule has 3 aliphatic carbocycles. The van der Waals surface area contributed by atoms with E-state index < -0.39 is 103 Å². The predicted molar refractivity (Wildman–Crippen MR) is 149 cm³/mol. The topological polar surface area (TPSA) is 216 Å². The van der Waals surface area contributed by atoms with E-state index in [4.69, 9.17) is 5.73 Å². The van der Waals surface area contributed by atoms with Crippen molar-refractivity contribution in [2.75, 3.05) is 19.8 Å². The van der Waals surface area contributed by atoms with Gasteiger partial charge in [0.15, 0.2) is 21.2 Å². The van der Waals surface area contributed by atoms with Crippen LogP contribution in [0.4, 0.5) is 0 Å². The molecule has 1 saturated carbocycles. The molecule has 42 heavy (non-hydrogen) atoms. The van der Waals surface area contributed by atoms with Crippen LogP contribution < -0.4 is 5.73 Å². The molecule has 1 amide bonds. The summed E-state index contributed by atoms with van der Waals surface area (Å²) in [7, 11) is -1.20. The van der Waals surface area contributed by atoms with E-state index >= 15 is 0 Å². The molecule has 222 valence electrons. The molecule has 2 aromatic carbocycles. The molecule has 1 fully saturated rings. The molecular weight excluding hydrogens is 568 g/mol. The standard InChI is InChI=1S/C29H30N2O10S/c1-31(2)22-21-24(34)18-15(12-42(40,41)11-13-7-4-3-5-8-13)14-9-6-10-16(32)17(14)23(33)19(18)26(36)29(21,39)27(37)20(25(22)35)28(30)38/h3-10,15,18,21-22,24,32-34,37,39H,11-12H2,1-2H3,(H2,30,38)/t15-,18?,21?,22-,24?,29-/m0/s1. The molecule has 0 radical (unpaired) electrons. The third kappa shape index (κ3) is 4.23. The molecule has 0 spiro atoms. The van der Waals surface area contributed by atoms with Gasteiger partial charge in [0.25, 0.3) is 5.91 Å². The molecular formula is C29H30N2O10S. The third-order valence-corrected chi connectivity index (χ3v) is 10.1. The second-order valence-electron chi connectivity index (χ2n) is 11.1. The summed E-state index contributed by atoms with van der Waals surface area (Å²) in [4.78, 5) is 40.9. The van der Waals surface area contributed by atoms with Crippen molar-refractivity contribution in [3.8, 4) is 5.75 Å². The average molecular weight is 599 g/mol. The maximum absolute atomic E-state index is 14.2. The fourth-order valence-corrected chi connectivity index (χ4v) is 8.51. The van der Waals surface area contributed by atoms with E-state index in [0.29, 0.717) is 5.56 Å². The molecule has 0 aliphatic heterocycles. The Hall–Kier alpha value is -4.04. The lowest BCUT2D eigenvalue weighted by atomic mass is 9.54. The van der Waals surface area contributed by atoms with Crippen molar-refractivity contribution in [1.29, 1.82) is 0 Å². The molecule has 0 heterocycles. The van der Waals surface area contributed by atoms with Gasteiger partial charge in [0.2, 0.25) is 5.78 Å². The zero-order chi connectivity index (χ0) is 30.9. The normalized spacial score (nSPS) is 29.3. The summed E-state index contributed by atoms with van der Waals surface area (Å²) in [6.07, 6.45) is -1.91. The van der Waals surface area contributed by atoms with Crippen LogP contribution in [0.15, 0.2) is 65.4 Å². The summed E-state index contributed by atoms with van der Waals surface area (Å²) >= 11 is 0. The number of sulfone groups is 1. The number of hydrogen-bond donors (Lipinski definition) is 6. The zero-order valence-corrected chi connectivity index (χ0v) is 23.4. The number of fused-ring (bicyclic) bond motifs is 3. The van der Waals surface area contributed by atoms with Crippen LogP contribution in [0.1, 0.15) is 22.6 Å². The Morgan fingerprint density at radius 2 is 1.67 bits per heavy atom. The van der Waals surface area contributed by atoms with Crippen molar-refractivity contribution in [1.82, 2.24) is 4.90 Å². The maximum atomic E-state index is 14.2. The van der Waals surface area contributed by atoms with Crippen LogP contribution in [0.25, 0.3) is 5.76 Å². The first kappa shape index (κ1) is 29.5. The molecule has 0 bridgehead atoms. The van der Waals surface area contributed by atoms with Crippen LogP contribution >= 0.6 is 0 Å². The fourth-order valence-electron chi connectivity index (χ4n) is 6.75. The van der Waals surface area contributed by atoms with E-state index in [9.17, 15) is 48.3 Å². The van der Waals surface area contributed by atoms with Crippen molar-refractivity contribution < 1.29 is 48.3 Å². The third-order valence-electron chi connectivity index (χ3n) is 8.46. The number of nitrogens with two attached hydrogens (primary N) is 1. The molecule has 12 nitrogen and oxygen atoms in total. The van der Waals surface area contributed by atoms with Gasteiger partial charge in [-0.3, -0.25) is 19.3 Å². The molecule has 3 unspecified atom stereocenters. The van der Waals surface area contributed by atoms with Gasteiger partial charge in [-0.15, -0.1) is 0 Å². The number of aliphatic hydroxyl groups is 4. The Balaban J connectivity index is 1.75. The number of aliphatic hydroxyl groups excluding tert-OH is 3. The number of phenols is 1. The average Bonchev–Trinajstić information content (AvgIpc) is 2.90. The first-order valence-corrected chi connectivity index (χ1v) is 14.8. The van der Waals surface area contributed by atoms with Crippen molar-refractivity contribution in [2.45, 2.75) is 29.4 Å². The van der Waals surface area contributed by atoms with Crippen LogP contribution in [0.2, 0.25) is 0 Å². The van der Waals surface area contributed by atoms with Crippen LogP contribution in [-0.2, 0) is 30.0 Å². The predicted octanol–water partition coefficient (Wildman–Crippen LogP) is 0.0909. The minimum Gasteiger partial charge on any atom is -0.508 e. The van der Waals surface area contributed by atoms with Crippen molar-refractivity contribution in [3.63, 3.8) is 0 Å². The minimum absolute atomic E-state index is 0.122. The summed E-state index contributed by atoms with van der Waals surface area (Å²) in [5.74, 6) is -12.1. The molecule has 6 atom stereocenters. The Bertz CT molecular complexity index is 1680. The van der Waals surface area contributed by atoms with Crippen LogP contribution in [-0.4, -0.2) is 93.9 Å². The number of rotatable bonds is 6. The monoisotopic (exact) mass is 598 g/mol. The fraction of sp³-hybridized carbons (Fsp3) is 0.345. The van der Waals surface area contributed by atoms with Gasteiger partial charge in [0.1, 0.15) is 22.8 Å². The number of Topliss-reactive ketones (excluding diaryl/α,β-unsaturated/α-hetero) is 2. The minimum atomic E-state index is -3.98. The first-order valence-electron chi connectivity index (χ1n) is 13.0. The molecule has 13 heteroatoms. The lowest BCUT2D eigenvalue weighted by molar-refractivity contribution is -0.169. The Labute approximate surface area is 240 Å². The second-order valence-corrected chi connectivity index (χ2v) is 13.3. The van der Waals surface area contributed by atoms with Crippen LogP contribution in [0, 0.1) is 11.8 Å². The van der Waals surface area contributed by atoms with Crippen molar-refractivity contribution in [3.05, 3.63) is 82.1 Å². The van der Waals surface area contributed by atoms with Gasteiger partial charge in [0, 0.05) is 17.4 Å². The molecule has 3 aliphatic rings. The highest BCUT2D eigenvalue weighted by atomic mass is 32.2. The molecule has 2 aromatic rings. The Kier molecular flexibility index (Phi) is 7.05. The highest BCUT2D eigenvalue weighted by Gasteiger charge is 2.68. The van der Waals surface area contributed by atoms with Gasteiger partial charge in [-0.05, 0) is 31.3 Å². The Morgan fingerprint density at radius 3 is 2.26 bits per heavy atom. The van der Waals surface area contributed by atoms with Gasteiger partial charge in [-0.2, -0.15) is 0 Å². The number of ketones is 2. The second kappa shape index (κ2) is 10.1. The number of likely N-dealkylation sites (N-methyl/N-ethyl adjacent to an activating group) is 1. The summed E-state index contributed by atoms with van der Waals surface area (Å²) in [6.45, 7) is 0. The summed E-state index contributed by atoms with van der Waals surface area (Å²) < 4.78 is 27.1. The summed E-state index contributed by atoms with van der Waals surface area (Å²) in [5.41, 5.74) is 0.869. The number of benzene rings is 2. The van der Waals surface area contributed by atoms with Gasteiger partial charge in [0.05, 0.1) is 35.1 Å². The lowest BCUT2D eigenvalue weighted by Crippen LogP contribution is -2.70. The summed E-state index contributed by atoms with van der Waals surface area (Å²) in [6, 6.07) is 10.8. The smallest absolute Gasteiger partial charge is 0.255 e. The number of nitrogens with zero attached hydrogens (tertiary/aromatic N) is 1. The zero-order valence-electron chi connectivity index (χ0n) is 22.6. The van der Waals surface area contributed by atoms with E-state index in [0.717, 1.165) is 0 Å². The first-order chi connectivity index (χ1) is 19.6. The number of phenolic OH excluding ortho intramolecular Hbond substituents is 1. The molecule has 0 aromatic heterocycles. The number of carbonyl (C=O) groups is 3. The molecule has 7 N–H and O–H groups in total. The van der Waals surface area contributed by atoms with Gasteiger partial charge in [-0.25, -0.2) is 8.42 Å². The number of primary amides is 1. The highest BCUT2D eigenvalue weighted by Crippen LogP contribution is 2.56. The number of hydrogen-bond acceptors (Lipinski definition) is 11. The summed E-state index contributed by atoms with van der Waals surface area (Å²) in [5, 5.41) is 56.7.